The van der Waals surface area contributed by atoms with Crippen molar-refractivity contribution in [2.24, 2.45) is 0 Å². The smallest absolute Gasteiger partial charge is 0.255 e. The van der Waals surface area contributed by atoms with Gasteiger partial charge >= 0.3 is 0 Å². The molecule has 5 heteroatoms. The Morgan fingerprint density at radius 3 is 2.73 bits per heavy atom. The molecule has 0 saturated carbocycles. The molecule has 0 radical (unpaired) electrons. The van der Waals surface area contributed by atoms with Gasteiger partial charge in [0.2, 0.25) is 5.89 Å². The Hall–Kier alpha value is -2.92. The van der Waals surface area contributed by atoms with Crippen LogP contribution in [0.2, 0.25) is 0 Å². The third-order valence-corrected chi connectivity index (χ3v) is 5.91. The summed E-state index contributed by atoms with van der Waals surface area (Å²) in [6.45, 7) is 6.35. The molecule has 0 aliphatic carbocycles. The monoisotopic (exact) mass is 462 g/mol. The number of oxazole rings is 1. The fourth-order valence-electron chi connectivity index (χ4n) is 3.32. The van der Waals surface area contributed by atoms with Crippen LogP contribution in [-0.2, 0) is 0 Å². The number of fused-ring (bicyclic) bond motifs is 1. The molecule has 4 nitrogen and oxygen atoms in total. The summed E-state index contributed by atoms with van der Waals surface area (Å²) in [6.07, 6.45) is 1.08. The number of carbonyl (C=O) groups excluding carboxylic acids is 1. The minimum absolute atomic E-state index is 0.160. The molecule has 152 valence electrons. The number of rotatable bonds is 5. The first-order valence-electron chi connectivity index (χ1n) is 10.0. The number of nitrogens with zero attached hydrogens (tertiary/aromatic N) is 1. The van der Waals surface area contributed by atoms with Gasteiger partial charge in [-0.2, -0.15) is 0 Å². The number of anilines is 1. The number of benzene rings is 3. The molecule has 1 amide bonds. The Labute approximate surface area is 184 Å². The van der Waals surface area contributed by atoms with Crippen molar-refractivity contribution in [2.45, 2.75) is 33.1 Å². The van der Waals surface area contributed by atoms with E-state index in [0.717, 1.165) is 38.8 Å². The molecule has 3 aromatic carbocycles. The van der Waals surface area contributed by atoms with E-state index in [0.29, 0.717) is 17.4 Å². The Bertz CT molecular complexity index is 1230. The van der Waals surface area contributed by atoms with E-state index in [4.69, 9.17) is 9.40 Å². The maximum atomic E-state index is 12.7. The number of carbonyl (C=O) groups is 1. The Balaban J connectivity index is 1.65. The van der Waals surface area contributed by atoms with Crippen LogP contribution in [0.1, 0.15) is 47.7 Å². The molecule has 0 aliphatic heterocycles. The lowest BCUT2D eigenvalue weighted by molar-refractivity contribution is 0.102. The largest absolute Gasteiger partial charge is 0.436 e. The normalized spacial score (nSPS) is 12.1. The second kappa shape index (κ2) is 8.44. The molecule has 0 saturated heterocycles. The van der Waals surface area contributed by atoms with Crippen LogP contribution in [0.5, 0.6) is 0 Å². The van der Waals surface area contributed by atoms with E-state index in [-0.39, 0.29) is 5.91 Å². The average Bonchev–Trinajstić information content (AvgIpc) is 3.18. The summed E-state index contributed by atoms with van der Waals surface area (Å²) in [7, 11) is 0. The third-order valence-electron chi connectivity index (χ3n) is 5.41. The van der Waals surface area contributed by atoms with Gasteiger partial charge in [-0.1, -0.05) is 48.0 Å². The van der Waals surface area contributed by atoms with E-state index < -0.39 is 0 Å². The van der Waals surface area contributed by atoms with E-state index in [1.165, 1.54) is 5.56 Å². The minimum atomic E-state index is -0.160. The molecule has 1 atom stereocenters. The predicted octanol–water partition coefficient (Wildman–Crippen LogP) is 7.33. The van der Waals surface area contributed by atoms with Crippen LogP contribution in [0.4, 0.5) is 5.69 Å². The lowest BCUT2D eigenvalue weighted by Crippen LogP contribution is -2.12. The zero-order valence-electron chi connectivity index (χ0n) is 17.2. The molecule has 0 fully saturated rings. The van der Waals surface area contributed by atoms with Gasteiger partial charge in [-0.25, -0.2) is 4.98 Å². The van der Waals surface area contributed by atoms with E-state index in [2.05, 4.69) is 47.2 Å². The summed E-state index contributed by atoms with van der Waals surface area (Å²) in [6, 6.07) is 19.3. The van der Waals surface area contributed by atoms with Crippen molar-refractivity contribution < 1.29 is 9.21 Å². The van der Waals surface area contributed by atoms with Crippen molar-refractivity contribution in [3.8, 4) is 11.5 Å². The molecular weight excluding hydrogens is 440 g/mol. The summed E-state index contributed by atoms with van der Waals surface area (Å²) in [5, 5.41) is 3.00. The summed E-state index contributed by atoms with van der Waals surface area (Å²) < 4.78 is 6.86. The van der Waals surface area contributed by atoms with Crippen LogP contribution in [0, 0.1) is 6.92 Å². The topological polar surface area (TPSA) is 55.1 Å². The van der Waals surface area contributed by atoms with E-state index in [1.54, 1.807) is 12.1 Å². The quantitative estimate of drug-likeness (QED) is 0.337. The highest BCUT2D eigenvalue weighted by molar-refractivity contribution is 9.10. The molecule has 1 aromatic heterocycles. The zero-order valence-corrected chi connectivity index (χ0v) is 18.8. The van der Waals surface area contributed by atoms with Gasteiger partial charge in [0.25, 0.3) is 5.91 Å². The second-order valence-corrected chi connectivity index (χ2v) is 8.47. The lowest BCUT2D eigenvalue weighted by atomic mass is 9.98. The maximum Gasteiger partial charge on any atom is 0.255 e. The van der Waals surface area contributed by atoms with Gasteiger partial charge in [-0.15, -0.1) is 0 Å². The highest BCUT2D eigenvalue weighted by atomic mass is 79.9. The van der Waals surface area contributed by atoms with Crippen molar-refractivity contribution >= 4 is 38.6 Å². The summed E-state index contributed by atoms with van der Waals surface area (Å²) in [4.78, 5) is 17.4. The Morgan fingerprint density at radius 2 is 1.97 bits per heavy atom. The summed E-state index contributed by atoms with van der Waals surface area (Å²) in [5.74, 6) is 0.866. The van der Waals surface area contributed by atoms with Gasteiger partial charge in [0.15, 0.2) is 5.58 Å². The molecule has 4 rings (SSSR count). The molecule has 0 aliphatic rings. The van der Waals surface area contributed by atoms with Crippen LogP contribution in [0.3, 0.4) is 0 Å². The van der Waals surface area contributed by atoms with Crippen LogP contribution < -0.4 is 5.32 Å². The molecular formula is C25H23BrN2O2. The van der Waals surface area contributed by atoms with E-state index in [9.17, 15) is 4.79 Å². The van der Waals surface area contributed by atoms with E-state index in [1.807, 2.05) is 43.3 Å². The standard InChI is InChI=1S/C25H23BrN2O2/c1-4-15(2)17-10-11-23-22(13-17)28-25(30-23)19-9-8-16(3)21(14-19)27-24(29)18-6-5-7-20(26)12-18/h5-15H,4H2,1-3H3,(H,27,29)/t15-/m1/s1. The van der Waals surface area contributed by atoms with Crippen molar-refractivity contribution in [2.75, 3.05) is 5.32 Å². The van der Waals surface area contributed by atoms with Gasteiger partial charge in [0, 0.05) is 21.3 Å². The fraction of sp³-hybridized carbons (Fsp3) is 0.200. The first-order valence-corrected chi connectivity index (χ1v) is 10.8. The number of halogens is 1. The molecule has 0 unspecified atom stereocenters. The highest BCUT2D eigenvalue weighted by Gasteiger charge is 2.14. The van der Waals surface area contributed by atoms with Crippen molar-refractivity contribution in [3.05, 3.63) is 81.8 Å². The third kappa shape index (κ3) is 4.17. The van der Waals surface area contributed by atoms with Crippen molar-refractivity contribution in [1.82, 2.24) is 4.98 Å². The number of aromatic nitrogens is 1. The summed E-state index contributed by atoms with van der Waals surface area (Å²) in [5.41, 5.74) is 5.99. The number of hydrogen-bond donors (Lipinski definition) is 1. The van der Waals surface area contributed by atoms with Crippen molar-refractivity contribution in [1.29, 1.82) is 0 Å². The van der Waals surface area contributed by atoms with Crippen LogP contribution >= 0.6 is 15.9 Å². The van der Waals surface area contributed by atoms with Gasteiger partial charge < -0.3 is 9.73 Å². The fourth-order valence-corrected chi connectivity index (χ4v) is 3.72. The van der Waals surface area contributed by atoms with E-state index >= 15 is 0 Å². The van der Waals surface area contributed by atoms with Gasteiger partial charge in [0.05, 0.1) is 0 Å². The molecule has 30 heavy (non-hydrogen) atoms. The second-order valence-electron chi connectivity index (χ2n) is 7.55. The minimum Gasteiger partial charge on any atom is -0.436 e. The first kappa shape index (κ1) is 20.4. The predicted molar refractivity (Wildman–Crippen MR) is 125 cm³/mol. The Morgan fingerprint density at radius 1 is 1.13 bits per heavy atom. The maximum absolute atomic E-state index is 12.7. The lowest BCUT2D eigenvalue weighted by Gasteiger charge is -2.10. The number of nitrogens with one attached hydrogen (secondary N) is 1. The molecule has 0 spiro atoms. The number of amides is 1. The molecule has 0 bridgehead atoms. The number of hydrogen-bond acceptors (Lipinski definition) is 3. The van der Waals surface area contributed by atoms with Gasteiger partial charge in [-0.05, 0) is 72.9 Å². The van der Waals surface area contributed by atoms with Gasteiger partial charge in [-0.3, -0.25) is 4.79 Å². The van der Waals surface area contributed by atoms with Crippen LogP contribution in [0.25, 0.3) is 22.6 Å². The average molecular weight is 463 g/mol. The summed E-state index contributed by atoms with van der Waals surface area (Å²) >= 11 is 3.41. The highest BCUT2D eigenvalue weighted by Crippen LogP contribution is 2.30. The molecule has 4 aromatic rings. The Kier molecular flexibility index (Phi) is 5.73. The zero-order chi connectivity index (χ0) is 21.3. The molecule has 1 N–H and O–H groups in total. The van der Waals surface area contributed by atoms with Crippen LogP contribution in [0.15, 0.2) is 69.6 Å². The van der Waals surface area contributed by atoms with Crippen molar-refractivity contribution in [3.63, 3.8) is 0 Å². The molecule has 1 heterocycles. The number of aryl methyl sites for hydroxylation is 1. The van der Waals surface area contributed by atoms with Gasteiger partial charge in [0.1, 0.15) is 5.52 Å². The first-order chi connectivity index (χ1) is 14.4. The SMILES string of the molecule is CC[C@@H](C)c1ccc2oc(-c3ccc(C)c(NC(=O)c4cccc(Br)c4)c3)nc2c1. The van der Waals surface area contributed by atoms with Crippen LogP contribution in [-0.4, -0.2) is 10.9 Å².